The minimum atomic E-state index is -0.117. The number of para-hydroxylation sites is 1. The molecule has 148 valence electrons. The fourth-order valence-corrected chi connectivity index (χ4v) is 5.72. The van der Waals surface area contributed by atoms with Gasteiger partial charge in [-0.2, -0.15) is 0 Å². The fraction of sp³-hybridized carbons (Fsp3) is 0.727. The lowest BCUT2D eigenvalue weighted by molar-refractivity contribution is -0.154. The number of likely N-dealkylation sites (tertiary alicyclic amines) is 1. The Hall–Kier alpha value is -1.30. The van der Waals surface area contributed by atoms with Crippen molar-refractivity contribution >= 4 is 0 Å². The molecule has 0 unspecified atom stereocenters. The van der Waals surface area contributed by atoms with E-state index < -0.39 is 0 Å². The van der Waals surface area contributed by atoms with Crippen LogP contribution in [0.15, 0.2) is 18.2 Å². The van der Waals surface area contributed by atoms with Gasteiger partial charge >= 0.3 is 0 Å². The monoisotopic (exact) mass is 373 g/mol. The van der Waals surface area contributed by atoms with Gasteiger partial charge in [0.2, 0.25) is 0 Å². The highest BCUT2D eigenvalue weighted by atomic mass is 16.5. The van der Waals surface area contributed by atoms with Gasteiger partial charge in [0.15, 0.2) is 11.5 Å². The molecule has 3 fully saturated rings. The van der Waals surface area contributed by atoms with Crippen LogP contribution in [0, 0.1) is 5.92 Å². The van der Waals surface area contributed by atoms with Crippen molar-refractivity contribution in [1.82, 2.24) is 4.90 Å². The van der Waals surface area contributed by atoms with Gasteiger partial charge < -0.3 is 18.9 Å². The number of fused-ring (bicyclic) bond motifs is 4. The van der Waals surface area contributed by atoms with Crippen LogP contribution in [-0.4, -0.2) is 56.6 Å². The van der Waals surface area contributed by atoms with Crippen molar-refractivity contribution in [2.24, 2.45) is 5.92 Å². The van der Waals surface area contributed by atoms with E-state index in [2.05, 4.69) is 17.0 Å². The Morgan fingerprint density at radius 2 is 1.89 bits per heavy atom. The molecule has 4 aliphatic heterocycles. The van der Waals surface area contributed by atoms with E-state index in [1.54, 1.807) is 7.11 Å². The van der Waals surface area contributed by atoms with Gasteiger partial charge in [-0.25, -0.2) is 0 Å². The molecule has 5 rings (SSSR count). The van der Waals surface area contributed by atoms with Crippen molar-refractivity contribution < 1.29 is 18.9 Å². The van der Waals surface area contributed by atoms with E-state index in [0.717, 1.165) is 63.7 Å². The predicted molar refractivity (Wildman–Crippen MR) is 102 cm³/mol. The van der Waals surface area contributed by atoms with Gasteiger partial charge in [0.1, 0.15) is 5.60 Å². The maximum Gasteiger partial charge on any atom is 0.167 e. The zero-order valence-corrected chi connectivity index (χ0v) is 16.3. The van der Waals surface area contributed by atoms with Crippen LogP contribution in [0.5, 0.6) is 11.5 Å². The van der Waals surface area contributed by atoms with Crippen LogP contribution >= 0.6 is 0 Å². The molecule has 1 aromatic carbocycles. The summed E-state index contributed by atoms with van der Waals surface area (Å²) in [6.45, 7) is 4.89. The van der Waals surface area contributed by atoms with Crippen molar-refractivity contribution in [3.05, 3.63) is 23.8 Å². The number of hydrogen-bond acceptors (Lipinski definition) is 5. The summed E-state index contributed by atoms with van der Waals surface area (Å²) in [6, 6.07) is 6.90. The van der Waals surface area contributed by atoms with E-state index in [1.165, 1.54) is 24.8 Å². The van der Waals surface area contributed by atoms with E-state index in [4.69, 9.17) is 18.9 Å². The number of ether oxygens (including phenoxy) is 4. The first-order valence-corrected chi connectivity index (χ1v) is 10.6. The summed E-state index contributed by atoms with van der Waals surface area (Å²) in [5, 5.41) is 0. The SMILES string of the molecule is COc1cccc2c1OC1(CCN(C3CCOCC3)CC1)[C@H]1CCCO[C@H]21. The van der Waals surface area contributed by atoms with E-state index >= 15 is 0 Å². The molecule has 3 saturated heterocycles. The van der Waals surface area contributed by atoms with E-state index in [1.807, 2.05) is 6.07 Å². The van der Waals surface area contributed by atoms with Crippen LogP contribution in [-0.2, 0) is 9.47 Å². The molecule has 2 atom stereocenters. The normalized spacial score (nSPS) is 31.0. The Labute approximate surface area is 161 Å². The van der Waals surface area contributed by atoms with E-state index in [-0.39, 0.29) is 11.7 Å². The molecule has 0 N–H and O–H groups in total. The minimum Gasteiger partial charge on any atom is -0.493 e. The lowest BCUT2D eigenvalue weighted by Gasteiger charge is -2.54. The summed E-state index contributed by atoms with van der Waals surface area (Å²) in [5.41, 5.74) is 1.06. The third-order valence-corrected chi connectivity index (χ3v) is 7.19. The Morgan fingerprint density at radius 1 is 1.07 bits per heavy atom. The molecule has 27 heavy (non-hydrogen) atoms. The van der Waals surface area contributed by atoms with Crippen LogP contribution < -0.4 is 9.47 Å². The quantitative estimate of drug-likeness (QED) is 0.793. The van der Waals surface area contributed by atoms with Gasteiger partial charge in [-0.05, 0) is 31.7 Å². The average Bonchev–Trinajstić information content (AvgIpc) is 2.75. The number of hydrogen-bond donors (Lipinski definition) is 0. The van der Waals surface area contributed by atoms with Gasteiger partial charge in [0.25, 0.3) is 0 Å². The standard InChI is InChI=1S/C22H31NO4/c1-24-19-6-2-4-17-20-18(5-3-13-26-20)22(27-21(17)19)9-11-23(12-10-22)16-7-14-25-15-8-16/h2,4,6,16,18,20H,3,5,7-15H2,1H3/t18-,20+/m0/s1. The largest absolute Gasteiger partial charge is 0.493 e. The Balaban J connectivity index is 1.42. The summed E-state index contributed by atoms with van der Waals surface area (Å²) < 4.78 is 24.3. The first-order valence-electron chi connectivity index (χ1n) is 10.6. The molecule has 4 heterocycles. The average molecular weight is 373 g/mol. The lowest BCUT2D eigenvalue weighted by atomic mass is 9.69. The molecule has 0 saturated carbocycles. The molecule has 5 nitrogen and oxygen atoms in total. The molecule has 5 heteroatoms. The number of benzene rings is 1. The molecule has 1 aromatic rings. The van der Waals surface area contributed by atoms with Gasteiger partial charge in [-0.15, -0.1) is 0 Å². The van der Waals surface area contributed by atoms with E-state index in [0.29, 0.717) is 12.0 Å². The predicted octanol–water partition coefficient (Wildman–Crippen LogP) is 3.57. The molecule has 1 spiro atoms. The zero-order chi connectivity index (χ0) is 18.3. The number of piperidine rings is 1. The van der Waals surface area contributed by atoms with Crippen LogP contribution in [0.1, 0.15) is 50.2 Å². The molecular formula is C22H31NO4. The highest BCUT2D eigenvalue weighted by Gasteiger charge is 2.53. The van der Waals surface area contributed by atoms with Gasteiger partial charge in [-0.1, -0.05) is 12.1 Å². The first kappa shape index (κ1) is 17.8. The van der Waals surface area contributed by atoms with Gasteiger partial charge in [0, 0.05) is 63.3 Å². The second kappa shape index (κ2) is 7.26. The zero-order valence-electron chi connectivity index (χ0n) is 16.3. The van der Waals surface area contributed by atoms with Gasteiger partial charge in [0.05, 0.1) is 13.2 Å². The maximum absolute atomic E-state index is 6.83. The van der Waals surface area contributed by atoms with Crippen molar-refractivity contribution in [1.29, 1.82) is 0 Å². The maximum atomic E-state index is 6.83. The van der Waals surface area contributed by atoms with Crippen molar-refractivity contribution in [2.75, 3.05) is 40.0 Å². The third-order valence-electron chi connectivity index (χ3n) is 7.19. The molecule has 0 bridgehead atoms. The second-order valence-electron chi connectivity index (χ2n) is 8.47. The van der Waals surface area contributed by atoms with Crippen LogP contribution in [0.2, 0.25) is 0 Å². The Kier molecular flexibility index (Phi) is 4.78. The summed E-state index contributed by atoms with van der Waals surface area (Å²) in [6.07, 6.45) is 6.96. The molecule has 0 aliphatic carbocycles. The molecular weight excluding hydrogens is 342 g/mol. The Bertz CT molecular complexity index is 664. The van der Waals surface area contributed by atoms with Crippen molar-refractivity contribution in [2.45, 2.75) is 56.3 Å². The highest BCUT2D eigenvalue weighted by Crippen LogP contribution is 2.55. The Morgan fingerprint density at radius 3 is 2.67 bits per heavy atom. The summed E-state index contributed by atoms with van der Waals surface area (Å²) in [7, 11) is 1.73. The smallest absolute Gasteiger partial charge is 0.167 e. The lowest BCUT2D eigenvalue weighted by Crippen LogP contribution is -2.58. The fourth-order valence-electron chi connectivity index (χ4n) is 5.72. The van der Waals surface area contributed by atoms with Crippen molar-refractivity contribution in [3.8, 4) is 11.5 Å². The molecule has 0 radical (unpaired) electrons. The minimum absolute atomic E-state index is 0.117. The van der Waals surface area contributed by atoms with Gasteiger partial charge in [-0.3, -0.25) is 4.90 Å². The number of nitrogens with zero attached hydrogens (tertiary/aromatic N) is 1. The van der Waals surface area contributed by atoms with Crippen LogP contribution in [0.3, 0.4) is 0 Å². The van der Waals surface area contributed by atoms with E-state index in [9.17, 15) is 0 Å². The van der Waals surface area contributed by atoms with Crippen LogP contribution in [0.25, 0.3) is 0 Å². The highest BCUT2D eigenvalue weighted by molar-refractivity contribution is 5.50. The third kappa shape index (κ3) is 3.04. The summed E-state index contributed by atoms with van der Waals surface area (Å²) in [4.78, 5) is 2.67. The molecule has 0 amide bonds. The van der Waals surface area contributed by atoms with Crippen molar-refractivity contribution in [3.63, 3.8) is 0 Å². The first-order chi connectivity index (χ1) is 13.3. The topological polar surface area (TPSA) is 40.2 Å². The summed E-state index contributed by atoms with van der Waals surface area (Å²) in [5.74, 6) is 2.21. The second-order valence-corrected chi connectivity index (χ2v) is 8.47. The molecule has 0 aromatic heterocycles. The number of methoxy groups -OCH3 is 1. The van der Waals surface area contributed by atoms with Crippen LogP contribution in [0.4, 0.5) is 0 Å². The number of rotatable bonds is 2. The molecule has 4 aliphatic rings. The summed E-state index contributed by atoms with van der Waals surface area (Å²) >= 11 is 0.